The Morgan fingerprint density at radius 2 is 1.93 bits per heavy atom. The van der Waals surface area contributed by atoms with Gasteiger partial charge in [0.15, 0.2) is 0 Å². The highest BCUT2D eigenvalue weighted by Crippen LogP contribution is 2.20. The van der Waals surface area contributed by atoms with Crippen molar-refractivity contribution in [1.82, 2.24) is 4.90 Å². The van der Waals surface area contributed by atoms with E-state index in [4.69, 9.17) is 9.47 Å². The number of hydrogen-bond donors (Lipinski definition) is 1. The van der Waals surface area contributed by atoms with Crippen molar-refractivity contribution in [3.63, 3.8) is 0 Å². The quantitative estimate of drug-likeness (QED) is 0.745. The molecule has 5 nitrogen and oxygen atoms in total. The number of amides is 2. The number of anilines is 1. The molecule has 1 aliphatic rings. The van der Waals surface area contributed by atoms with Crippen molar-refractivity contribution in [1.29, 1.82) is 0 Å². The predicted molar refractivity (Wildman–Crippen MR) is 107 cm³/mol. The molecule has 0 saturated carbocycles. The van der Waals surface area contributed by atoms with Crippen molar-refractivity contribution in [2.75, 3.05) is 25.1 Å². The normalized spacial score (nSPS) is 13.5. The summed E-state index contributed by atoms with van der Waals surface area (Å²) in [5, 5.41) is 3.01. The lowest BCUT2D eigenvalue weighted by atomic mass is 10.0. The van der Waals surface area contributed by atoms with Crippen molar-refractivity contribution in [3.8, 4) is 0 Å². The van der Waals surface area contributed by atoms with Crippen molar-refractivity contribution < 1.29 is 14.3 Å². The zero-order valence-electron chi connectivity index (χ0n) is 16.1. The third-order valence-electron chi connectivity index (χ3n) is 4.54. The highest BCUT2D eigenvalue weighted by atomic mass is 16.5. The van der Waals surface area contributed by atoms with Gasteiger partial charge in [0.1, 0.15) is 0 Å². The van der Waals surface area contributed by atoms with Gasteiger partial charge in [-0.1, -0.05) is 36.4 Å². The molecular formula is C22H28N2O3. The van der Waals surface area contributed by atoms with Crippen LogP contribution >= 0.6 is 0 Å². The molecule has 0 fully saturated rings. The summed E-state index contributed by atoms with van der Waals surface area (Å²) in [5.41, 5.74) is 4.38. The van der Waals surface area contributed by atoms with Gasteiger partial charge in [0, 0.05) is 18.8 Å². The van der Waals surface area contributed by atoms with E-state index in [9.17, 15) is 4.79 Å². The maximum atomic E-state index is 12.6. The molecule has 0 unspecified atom stereocenters. The van der Waals surface area contributed by atoms with Crippen molar-refractivity contribution in [2.45, 2.75) is 39.5 Å². The molecule has 0 bridgehead atoms. The lowest BCUT2D eigenvalue weighted by Gasteiger charge is -2.29. The summed E-state index contributed by atoms with van der Waals surface area (Å²) in [7, 11) is 0. The van der Waals surface area contributed by atoms with Gasteiger partial charge >= 0.3 is 6.03 Å². The van der Waals surface area contributed by atoms with Crippen LogP contribution in [0.4, 0.5) is 10.5 Å². The average Bonchev–Trinajstić information content (AvgIpc) is 2.67. The van der Waals surface area contributed by atoms with Gasteiger partial charge in [0.05, 0.1) is 25.9 Å². The molecule has 3 rings (SSSR count). The van der Waals surface area contributed by atoms with Crippen molar-refractivity contribution in [2.24, 2.45) is 0 Å². The van der Waals surface area contributed by atoms with Gasteiger partial charge in [-0.2, -0.15) is 0 Å². The van der Waals surface area contributed by atoms with Crippen LogP contribution in [0, 0.1) is 0 Å². The molecule has 2 amide bonds. The van der Waals surface area contributed by atoms with Gasteiger partial charge in [-0.25, -0.2) is 4.79 Å². The van der Waals surface area contributed by atoms with Crippen LogP contribution in [-0.2, 0) is 29.0 Å². The Labute approximate surface area is 161 Å². The first-order valence-electron chi connectivity index (χ1n) is 9.53. The molecule has 144 valence electrons. The van der Waals surface area contributed by atoms with Gasteiger partial charge in [-0.05, 0) is 49.1 Å². The molecule has 0 radical (unpaired) electrons. The number of benzene rings is 2. The SMILES string of the molecule is CC(C)OCCOCc1cccc(NC(=O)N2CCc3ccccc3C2)c1. The number of rotatable bonds is 7. The van der Waals surface area contributed by atoms with E-state index < -0.39 is 0 Å². The predicted octanol–water partition coefficient (Wildman–Crippen LogP) is 4.22. The summed E-state index contributed by atoms with van der Waals surface area (Å²) >= 11 is 0. The van der Waals surface area contributed by atoms with Crippen molar-refractivity contribution >= 4 is 11.7 Å². The Kier molecular flexibility index (Phi) is 6.85. The Hall–Kier alpha value is -2.37. The van der Waals surface area contributed by atoms with Crippen LogP contribution in [0.1, 0.15) is 30.5 Å². The van der Waals surface area contributed by atoms with Crippen LogP contribution in [0.3, 0.4) is 0 Å². The lowest BCUT2D eigenvalue weighted by Crippen LogP contribution is -2.38. The molecular weight excluding hydrogens is 340 g/mol. The van der Waals surface area contributed by atoms with E-state index in [0.717, 1.165) is 24.2 Å². The summed E-state index contributed by atoms with van der Waals surface area (Å²) in [6.45, 7) is 7.05. The smallest absolute Gasteiger partial charge is 0.322 e. The molecule has 27 heavy (non-hydrogen) atoms. The Morgan fingerprint density at radius 3 is 2.74 bits per heavy atom. The summed E-state index contributed by atoms with van der Waals surface area (Å²) in [6, 6.07) is 16.0. The maximum Gasteiger partial charge on any atom is 0.322 e. The number of carbonyl (C=O) groups excluding carboxylic acids is 1. The highest BCUT2D eigenvalue weighted by Gasteiger charge is 2.20. The van der Waals surface area contributed by atoms with E-state index in [0.29, 0.717) is 26.4 Å². The lowest BCUT2D eigenvalue weighted by molar-refractivity contribution is 0.0143. The monoisotopic (exact) mass is 368 g/mol. The fourth-order valence-electron chi connectivity index (χ4n) is 3.14. The van der Waals surface area contributed by atoms with Crippen LogP contribution in [0.2, 0.25) is 0 Å². The fourth-order valence-corrected chi connectivity index (χ4v) is 3.14. The molecule has 0 aliphatic carbocycles. The second-order valence-corrected chi connectivity index (χ2v) is 7.04. The first-order chi connectivity index (χ1) is 13.1. The standard InChI is InChI=1S/C22H28N2O3/c1-17(2)27-13-12-26-16-18-6-5-9-21(14-18)23-22(25)24-11-10-19-7-3-4-8-20(19)15-24/h3-9,14,17H,10-13,15-16H2,1-2H3,(H,23,25). The average molecular weight is 368 g/mol. The molecule has 0 atom stereocenters. The topological polar surface area (TPSA) is 50.8 Å². The molecule has 1 heterocycles. The molecule has 0 aromatic heterocycles. The van der Waals surface area contributed by atoms with Gasteiger partial charge in [-0.15, -0.1) is 0 Å². The van der Waals surface area contributed by atoms with E-state index in [1.807, 2.05) is 49.1 Å². The number of hydrogen-bond acceptors (Lipinski definition) is 3. The van der Waals surface area contributed by atoms with Gasteiger partial charge in [0.2, 0.25) is 0 Å². The van der Waals surface area contributed by atoms with Crippen LogP contribution in [0.5, 0.6) is 0 Å². The van der Waals surface area contributed by atoms with E-state index in [2.05, 4.69) is 23.5 Å². The third kappa shape index (κ3) is 5.81. The summed E-state index contributed by atoms with van der Waals surface area (Å²) in [4.78, 5) is 14.5. The number of ether oxygens (including phenoxy) is 2. The summed E-state index contributed by atoms with van der Waals surface area (Å²) < 4.78 is 11.1. The minimum absolute atomic E-state index is 0.0621. The molecule has 0 saturated heterocycles. The molecule has 1 aliphatic heterocycles. The molecule has 5 heteroatoms. The number of nitrogens with one attached hydrogen (secondary N) is 1. The Bertz CT molecular complexity index is 761. The van der Waals surface area contributed by atoms with E-state index in [1.54, 1.807) is 0 Å². The van der Waals surface area contributed by atoms with Crippen LogP contribution in [-0.4, -0.2) is 36.8 Å². The van der Waals surface area contributed by atoms with Crippen LogP contribution < -0.4 is 5.32 Å². The number of fused-ring (bicyclic) bond motifs is 1. The van der Waals surface area contributed by atoms with Gasteiger partial charge < -0.3 is 19.7 Å². The summed E-state index contributed by atoms with van der Waals surface area (Å²) in [6.07, 6.45) is 1.12. The Balaban J connectivity index is 1.50. The molecule has 2 aromatic carbocycles. The first kappa shape index (κ1) is 19.4. The molecule has 1 N–H and O–H groups in total. The minimum Gasteiger partial charge on any atom is -0.376 e. The fraction of sp³-hybridized carbons (Fsp3) is 0.409. The van der Waals surface area contributed by atoms with Gasteiger partial charge in [0.25, 0.3) is 0 Å². The maximum absolute atomic E-state index is 12.6. The van der Waals surface area contributed by atoms with Crippen LogP contribution in [0.25, 0.3) is 0 Å². The summed E-state index contributed by atoms with van der Waals surface area (Å²) in [5.74, 6) is 0. The number of nitrogens with zero attached hydrogens (tertiary/aromatic N) is 1. The third-order valence-corrected chi connectivity index (χ3v) is 4.54. The van der Waals surface area contributed by atoms with E-state index in [1.165, 1.54) is 11.1 Å². The minimum atomic E-state index is -0.0621. The zero-order valence-corrected chi connectivity index (χ0v) is 16.1. The second kappa shape index (κ2) is 9.53. The first-order valence-corrected chi connectivity index (χ1v) is 9.53. The van der Waals surface area contributed by atoms with Crippen LogP contribution in [0.15, 0.2) is 48.5 Å². The number of carbonyl (C=O) groups is 1. The largest absolute Gasteiger partial charge is 0.376 e. The number of urea groups is 1. The van der Waals surface area contributed by atoms with Gasteiger partial charge in [-0.3, -0.25) is 0 Å². The van der Waals surface area contributed by atoms with Crippen molar-refractivity contribution in [3.05, 3.63) is 65.2 Å². The van der Waals surface area contributed by atoms with E-state index >= 15 is 0 Å². The Morgan fingerprint density at radius 1 is 1.11 bits per heavy atom. The second-order valence-electron chi connectivity index (χ2n) is 7.04. The molecule has 2 aromatic rings. The molecule has 0 spiro atoms. The highest BCUT2D eigenvalue weighted by molar-refractivity contribution is 5.89. The van der Waals surface area contributed by atoms with E-state index in [-0.39, 0.29) is 12.1 Å². The zero-order chi connectivity index (χ0) is 19.1.